The summed E-state index contributed by atoms with van der Waals surface area (Å²) in [6, 6.07) is 93.8. The molecule has 15 aromatic rings. The molecule has 0 radical (unpaired) electrons. The van der Waals surface area contributed by atoms with Crippen molar-refractivity contribution in [3.8, 4) is 89.0 Å². The second-order valence-corrected chi connectivity index (χ2v) is 40.2. The van der Waals surface area contributed by atoms with Crippen molar-refractivity contribution in [2.75, 3.05) is 4.90 Å². The van der Waals surface area contributed by atoms with Gasteiger partial charge in [0, 0.05) is 82.1 Å². The largest absolute Gasteiger partial charge is 0.455 e. The lowest BCUT2D eigenvalue weighted by molar-refractivity contribution is 0.399. The maximum atomic E-state index is 7.56. The molecule has 123 heavy (non-hydrogen) atoms. The van der Waals surface area contributed by atoms with E-state index >= 15 is 0 Å². The first kappa shape index (κ1) is 79.4. The number of fused-ring (bicyclic) bond motifs is 28. The molecule has 0 fully saturated rings. The number of para-hydroxylation sites is 2. The van der Waals surface area contributed by atoms with Crippen LogP contribution in [-0.4, -0.2) is 0 Å². The van der Waals surface area contributed by atoms with Gasteiger partial charge in [-0.15, -0.1) is 0 Å². The van der Waals surface area contributed by atoms with Crippen molar-refractivity contribution in [1.82, 2.24) is 0 Å². The smallest absolute Gasteiger partial charge is 0.144 e. The number of benzene rings is 13. The highest BCUT2D eigenvalue weighted by Crippen LogP contribution is 2.67. The number of hydrogen-bond donors (Lipinski definition) is 0. The molecule has 2 heterocycles. The third kappa shape index (κ3) is 12.1. The number of anilines is 3. The standard InChI is InChI=1S/C120H123NO2/c1-13-17-21-25-39-66-119(67-40-26-22-18-14-2)94-51-36-29-44-81(94)84-62-57-77(71-99(84)119)76-56-61-82-83-63-58-78(72-97(83)116(7,8)96(82)70-76)91-75-101-106(108-89-47-32-37-54-103(89)122-113(91)108)88-65-60-80(74-100(88)120(101,68-41-27-23-19-15-3)69-42-28-24-20-16-4)121(102-53-43-52-95-105(102)85-45-30-34-49-92(85)115(95,5)6)79-59-64-87-98(73-79)118(11,12)111-107(87)109-90-48-33-38-55-104(90)123-114(109)110-86-46-31-35-50-93(86)117(9,10)112(110)111/h29-38,43-65,70-75H,13-28,39-42,66-69H2,1-12H3. The van der Waals surface area contributed by atoms with Crippen LogP contribution < -0.4 is 4.90 Å². The van der Waals surface area contributed by atoms with Gasteiger partial charge in [-0.05, 0) is 231 Å². The molecule has 0 N–H and O–H groups in total. The number of unbranched alkanes of at least 4 members (excludes halogenated alkanes) is 16. The zero-order chi connectivity index (χ0) is 84.1. The highest BCUT2D eigenvalue weighted by atomic mass is 16.3. The van der Waals surface area contributed by atoms with Crippen LogP contribution in [0.3, 0.4) is 0 Å². The molecule has 0 atom stereocenters. The molecule has 2 aromatic heterocycles. The Morgan fingerprint density at radius 1 is 0.244 bits per heavy atom. The van der Waals surface area contributed by atoms with E-state index in [-0.39, 0.29) is 27.1 Å². The van der Waals surface area contributed by atoms with Crippen LogP contribution in [0.2, 0.25) is 0 Å². The van der Waals surface area contributed by atoms with Crippen molar-refractivity contribution >= 4 is 60.9 Å². The molecule has 0 unspecified atom stereocenters. The van der Waals surface area contributed by atoms with E-state index in [2.05, 4.69) is 325 Å². The van der Waals surface area contributed by atoms with Crippen LogP contribution in [0.5, 0.6) is 0 Å². The van der Waals surface area contributed by atoms with Gasteiger partial charge in [0.25, 0.3) is 0 Å². The quantitative estimate of drug-likeness (QED) is 0.0438. The molecule has 0 saturated heterocycles. The molecule has 21 rings (SSSR count). The molecule has 0 bridgehead atoms. The van der Waals surface area contributed by atoms with E-state index in [9.17, 15) is 0 Å². The van der Waals surface area contributed by atoms with E-state index < -0.39 is 5.41 Å². The Bertz CT molecular complexity index is 6700. The van der Waals surface area contributed by atoms with Crippen LogP contribution in [0, 0.1) is 0 Å². The summed E-state index contributed by atoms with van der Waals surface area (Å²) in [6.45, 7) is 29.3. The van der Waals surface area contributed by atoms with Crippen LogP contribution in [0.25, 0.3) is 133 Å². The summed E-state index contributed by atoms with van der Waals surface area (Å²) in [5.74, 6) is 0. The molecular formula is C120H123NO2. The van der Waals surface area contributed by atoms with Gasteiger partial charge in [-0.25, -0.2) is 0 Å². The minimum absolute atomic E-state index is 0.0197. The molecule has 6 aliphatic carbocycles. The predicted octanol–water partition coefficient (Wildman–Crippen LogP) is 35.5. The van der Waals surface area contributed by atoms with Crippen molar-refractivity contribution < 1.29 is 8.83 Å². The Balaban J connectivity index is 0.729. The van der Waals surface area contributed by atoms with Gasteiger partial charge in [0.1, 0.15) is 22.3 Å². The van der Waals surface area contributed by atoms with Gasteiger partial charge >= 0.3 is 0 Å². The van der Waals surface area contributed by atoms with Gasteiger partial charge in [0.05, 0.1) is 5.69 Å². The highest BCUT2D eigenvalue weighted by molar-refractivity contribution is 6.22. The van der Waals surface area contributed by atoms with Gasteiger partial charge in [-0.1, -0.05) is 381 Å². The van der Waals surface area contributed by atoms with E-state index in [0.717, 1.165) is 48.0 Å². The van der Waals surface area contributed by atoms with Crippen LogP contribution in [0.1, 0.15) is 304 Å². The molecule has 620 valence electrons. The van der Waals surface area contributed by atoms with E-state index in [1.54, 1.807) is 11.1 Å². The summed E-state index contributed by atoms with van der Waals surface area (Å²) in [5, 5.41) is 4.85. The molecule has 13 aromatic carbocycles. The summed E-state index contributed by atoms with van der Waals surface area (Å²) >= 11 is 0. The van der Waals surface area contributed by atoms with Crippen LogP contribution in [0.15, 0.2) is 245 Å². The van der Waals surface area contributed by atoms with Crippen molar-refractivity contribution in [3.63, 3.8) is 0 Å². The van der Waals surface area contributed by atoms with Crippen LogP contribution in [-0.2, 0) is 32.5 Å². The Labute approximate surface area is 731 Å². The molecule has 3 heteroatoms. The molecule has 3 nitrogen and oxygen atoms in total. The minimum Gasteiger partial charge on any atom is -0.455 e. The van der Waals surface area contributed by atoms with E-state index in [0.29, 0.717) is 0 Å². The number of furan rings is 2. The van der Waals surface area contributed by atoms with E-state index in [1.165, 1.54) is 312 Å². The average molecular weight is 1610 g/mol. The molecule has 0 saturated carbocycles. The van der Waals surface area contributed by atoms with Crippen LogP contribution in [0.4, 0.5) is 17.1 Å². The third-order valence-corrected chi connectivity index (χ3v) is 31.6. The van der Waals surface area contributed by atoms with Gasteiger partial charge in [0.15, 0.2) is 0 Å². The Morgan fingerprint density at radius 2 is 0.618 bits per heavy atom. The lowest BCUT2D eigenvalue weighted by Crippen LogP contribution is -2.26. The lowest BCUT2D eigenvalue weighted by atomic mass is 9.70. The summed E-state index contributed by atoms with van der Waals surface area (Å²) in [5.41, 5.74) is 44.4. The van der Waals surface area contributed by atoms with Gasteiger partial charge in [0.2, 0.25) is 0 Å². The molecule has 0 aliphatic heterocycles. The topological polar surface area (TPSA) is 29.5 Å². The fourth-order valence-electron chi connectivity index (χ4n) is 25.4. The third-order valence-electron chi connectivity index (χ3n) is 31.6. The van der Waals surface area contributed by atoms with Gasteiger partial charge in [-0.3, -0.25) is 0 Å². The lowest BCUT2D eigenvalue weighted by Gasteiger charge is -2.35. The van der Waals surface area contributed by atoms with Crippen molar-refractivity contribution in [1.29, 1.82) is 0 Å². The van der Waals surface area contributed by atoms with E-state index in [4.69, 9.17) is 8.83 Å². The number of rotatable bonds is 29. The molecule has 0 spiro atoms. The Morgan fingerprint density at radius 3 is 1.20 bits per heavy atom. The van der Waals surface area contributed by atoms with Gasteiger partial charge < -0.3 is 13.7 Å². The molecule has 6 aliphatic rings. The molecule has 0 amide bonds. The summed E-state index contributed by atoms with van der Waals surface area (Å²) in [4.78, 5) is 2.71. The predicted molar refractivity (Wildman–Crippen MR) is 523 cm³/mol. The first-order valence-electron chi connectivity index (χ1n) is 47.9. The number of nitrogens with zero attached hydrogens (tertiary/aromatic N) is 1. The second kappa shape index (κ2) is 30.6. The van der Waals surface area contributed by atoms with E-state index in [1.807, 2.05) is 0 Å². The number of hydrogen-bond acceptors (Lipinski definition) is 3. The maximum Gasteiger partial charge on any atom is 0.144 e. The summed E-state index contributed by atoms with van der Waals surface area (Å²) < 4.78 is 14.8. The van der Waals surface area contributed by atoms with Gasteiger partial charge in [-0.2, -0.15) is 0 Å². The van der Waals surface area contributed by atoms with Crippen molar-refractivity contribution in [2.24, 2.45) is 0 Å². The van der Waals surface area contributed by atoms with Crippen molar-refractivity contribution in [3.05, 3.63) is 303 Å². The zero-order valence-electron chi connectivity index (χ0n) is 75.3. The van der Waals surface area contributed by atoms with Crippen molar-refractivity contribution in [2.45, 2.75) is 270 Å². The molecular weight excluding hydrogens is 1490 g/mol. The minimum atomic E-state index is -0.399. The summed E-state index contributed by atoms with van der Waals surface area (Å²) in [6.07, 6.45) is 29.7. The average Bonchev–Trinajstić information content (AvgIpc) is 1.52. The maximum absolute atomic E-state index is 7.56. The first-order chi connectivity index (χ1) is 59.9. The fraction of sp³-hybridized carbons (Fsp3) is 0.350. The monoisotopic (exact) mass is 1610 g/mol. The summed E-state index contributed by atoms with van der Waals surface area (Å²) in [7, 11) is 0. The fourth-order valence-corrected chi connectivity index (χ4v) is 25.4. The second-order valence-electron chi connectivity index (χ2n) is 40.2. The Hall–Kier alpha value is -10.7. The van der Waals surface area contributed by atoms with Crippen LogP contribution >= 0.6 is 0 Å². The highest BCUT2D eigenvalue weighted by Gasteiger charge is 2.51. The Kier molecular flexibility index (Phi) is 19.8. The first-order valence-corrected chi connectivity index (χ1v) is 47.9. The SMILES string of the molecule is CCCCCCCC1(CCCCCCC)c2ccccc2-c2ccc(-c3ccc4c(c3)C(C)(C)c3cc(-c5cc6c(c7c5oc5ccccc57)-c5ccc(N(c7ccc8c(c7)C(C)(C)c7c9c(c%10oc%11ccccc%11c%10c7-8)-c7ccccc7C9(C)C)c7cccc8c7-c7ccccc7C8(C)C)cc5C6(CCCCCCC)CCCCCCC)ccc3-4)cc21. The zero-order valence-corrected chi connectivity index (χ0v) is 75.3. The normalized spacial score (nSPS) is 15.8.